The molecule has 100 valence electrons. The number of hydrogen-bond acceptors (Lipinski definition) is 4. The lowest BCUT2D eigenvalue weighted by molar-refractivity contribution is 0.398. The molecule has 0 spiro atoms. The zero-order valence-corrected chi connectivity index (χ0v) is 11.9. The van der Waals surface area contributed by atoms with Gasteiger partial charge in [-0.3, -0.25) is 0 Å². The first-order valence-corrected chi connectivity index (χ1v) is 6.35. The minimum Gasteiger partial charge on any atom is -0.481 e. The normalized spacial score (nSPS) is 20.5. The maximum absolute atomic E-state index is 5.91. The van der Waals surface area contributed by atoms with Crippen LogP contribution >= 0.6 is 0 Å². The lowest BCUT2D eigenvalue weighted by Crippen LogP contribution is -2.11. The summed E-state index contributed by atoms with van der Waals surface area (Å²) in [6, 6.07) is 3.59. The van der Waals surface area contributed by atoms with Gasteiger partial charge in [0.05, 0.1) is 12.8 Å². The quantitative estimate of drug-likeness (QED) is 0.861. The third-order valence-corrected chi connectivity index (χ3v) is 4.90. The fraction of sp³-hybridized carbons (Fsp3) is 0.643. The topological polar surface area (TPSA) is 60.2 Å². The van der Waals surface area contributed by atoms with Crippen molar-refractivity contribution in [2.75, 3.05) is 24.7 Å². The summed E-state index contributed by atoms with van der Waals surface area (Å²) in [5.41, 5.74) is 7.30. The van der Waals surface area contributed by atoms with Crippen LogP contribution < -0.4 is 15.8 Å². The van der Waals surface area contributed by atoms with Crippen molar-refractivity contribution in [3.05, 3.63) is 12.1 Å². The molecule has 0 aliphatic heterocycles. The zero-order valence-electron chi connectivity index (χ0n) is 11.9. The van der Waals surface area contributed by atoms with E-state index in [1.54, 1.807) is 13.2 Å². The van der Waals surface area contributed by atoms with Crippen LogP contribution in [0.25, 0.3) is 0 Å². The van der Waals surface area contributed by atoms with Crippen molar-refractivity contribution >= 4 is 11.5 Å². The number of anilines is 2. The molecule has 1 aromatic rings. The van der Waals surface area contributed by atoms with Crippen LogP contribution in [-0.4, -0.2) is 18.6 Å². The smallest absolute Gasteiger partial charge is 0.215 e. The molecule has 0 saturated heterocycles. The van der Waals surface area contributed by atoms with Crippen LogP contribution in [0.5, 0.6) is 5.88 Å². The maximum atomic E-state index is 5.91. The molecule has 0 amide bonds. The summed E-state index contributed by atoms with van der Waals surface area (Å²) in [5, 5.41) is 3.34. The van der Waals surface area contributed by atoms with E-state index in [1.807, 2.05) is 6.07 Å². The molecule has 1 aliphatic rings. The molecular weight excluding hydrogens is 226 g/mol. The van der Waals surface area contributed by atoms with Crippen LogP contribution in [0.3, 0.4) is 0 Å². The second kappa shape index (κ2) is 4.04. The minimum atomic E-state index is 0.369. The first-order chi connectivity index (χ1) is 8.30. The molecule has 1 heterocycles. The largest absolute Gasteiger partial charge is 0.481 e. The Bertz CT molecular complexity index is 440. The Hall–Kier alpha value is -1.45. The zero-order chi connectivity index (χ0) is 13.6. The molecule has 1 fully saturated rings. The van der Waals surface area contributed by atoms with Crippen LogP contribution in [0.1, 0.15) is 27.7 Å². The predicted octanol–water partition coefficient (Wildman–Crippen LogP) is 2.77. The maximum Gasteiger partial charge on any atom is 0.215 e. The highest BCUT2D eigenvalue weighted by Crippen LogP contribution is 2.68. The standard InChI is InChI=1S/C14H23N3O/c1-13(2)10(14(13,3)4)8-16-12-9(15)6-7-11(17-12)18-5/h6-7,10H,8,15H2,1-5H3,(H,16,17). The molecule has 1 aromatic heterocycles. The van der Waals surface area contributed by atoms with Gasteiger partial charge in [0.25, 0.3) is 0 Å². The van der Waals surface area contributed by atoms with E-state index in [0.29, 0.717) is 34.1 Å². The van der Waals surface area contributed by atoms with Gasteiger partial charge in [-0.25, -0.2) is 0 Å². The third kappa shape index (κ3) is 1.89. The summed E-state index contributed by atoms with van der Waals surface area (Å²) in [7, 11) is 1.61. The van der Waals surface area contributed by atoms with E-state index >= 15 is 0 Å². The number of nitrogens with one attached hydrogen (secondary N) is 1. The van der Waals surface area contributed by atoms with Gasteiger partial charge >= 0.3 is 0 Å². The van der Waals surface area contributed by atoms with E-state index in [0.717, 1.165) is 6.54 Å². The molecular formula is C14H23N3O. The lowest BCUT2D eigenvalue weighted by atomic mass is 10.0. The number of pyridine rings is 1. The van der Waals surface area contributed by atoms with E-state index in [9.17, 15) is 0 Å². The molecule has 18 heavy (non-hydrogen) atoms. The molecule has 0 aromatic carbocycles. The van der Waals surface area contributed by atoms with E-state index in [1.165, 1.54) is 0 Å². The fourth-order valence-electron chi connectivity index (χ4n) is 2.75. The summed E-state index contributed by atoms with van der Waals surface area (Å²) in [4.78, 5) is 4.33. The van der Waals surface area contributed by atoms with E-state index in [4.69, 9.17) is 10.5 Å². The van der Waals surface area contributed by atoms with Gasteiger partial charge in [-0.1, -0.05) is 27.7 Å². The number of hydrogen-bond donors (Lipinski definition) is 2. The van der Waals surface area contributed by atoms with Crippen molar-refractivity contribution in [3.8, 4) is 5.88 Å². The van der Waals surface area contributed by atoms with Crippen molar-refractivity contribution in [3.63, 3.8) is 0 Å². The van der Waals surface area contributed by atoms with Gasteiger partial charge < -0.3 is 15.8 Å². The van der Waals surface area contributed by atoms with Gasteiger partial charge in [-0.05, 0) is 22.8 Å². The van der Waals surface area contributed by atoms with Gasteiger partial charge in [0.15, 0.2) is 5.82 Å². The number of methoxy groups -OCH3 is 1. The van der Waals surface area contributed by atoms with E-state index in [2.05, 4.69) is 38.0 Å². The first kappa shape index (κ1) is 13.0. The molecule has 4 nitrogen and oxygen atoms in total. The number of ether oxygens (including phenoxy) is 1. The number of rotatable bonds is 4. The average molecular weight is 249 g/mol. The molecule has 1 aliphatic carbocycles. The summed E-state index contributed by atoms with van der Waals surface area (Å²) in [6.45, 7) is 10.1. The van der Waals surface area contributed by atoms with E-state index < -0.39 is 0 Å². The fourth-order valence-corrected chi connectivity index (χ4v) is 2.75. The predicted molar refractivity (Wildman–Crippen MR) is 74.7 cm³/mol. The van der Waals surface area contributed by atoms with Crippen LogP contribution in [0.2, 0.25) is 0 Å². The molecule has 0 bridgehead atoms. The Morgan fingerprint density at radius 2 is 1.89 bits per heavy atom. The van der Waals surface area contributed by atoms with Gasteiger partial charge in [0, 0.05) is 12.6 Å². The van der Waals surface area contributed by atoms with Crippen molar-refractivity contribution in [1.82, 2.24) is 4.98 Å². The third-order valence-electron chi connectivity index (χ3n) is 4.90. The number of aromatic nitrogens is 1. The van der Waals surface area contributed by atoms with Crippen LogP contribution in [0.15, 0.2) is 12.1 Å². The summed E-state index contributed by atoms with van der Waals surface area (Å²) < 4.78 is 5.11. The SMILES string of the molecule is COc1ccc(N)c(NCC2C(C)(C)C2(C)C)n1. The lowest BCUT2D eigenvalue weighted by Gasteiger charge is -2.10. The second-order valence-electron chi connectivity index (χ2n) is 6.17. The van der Waals surface area contributed by atoms with Gasteiger partial charge in [0.1, 0.15) is 0 Å². The van der Waals surface area contributed by atoms with Gasteiger partial charge in [0.2, 0.25) is 5.88 Å². The van der Waals surface area contributed by atoms with Gasteiger partial charge in [-0.15, -0.1) is 0 Å². The Kier molecular flexibility index (Phi) is 2.92. The number of nitrogens with two attached hydrogens (primary N) is 1. The van der Waals surface area contributed by atoms with Crippen LogP contribution in [0, 0.1) is 16.7 Å². The van der Waals surface area contributed by atoms with Crippen molar-refractivity contribution < 1.29 is 4.74 Å². The summed E-state index contributed by atoms with van der Waals surface area (Å²) >= 11 is 0. The summed E-state index contributed by atoms with van der Waals surface area (Å²) in [6.07, 6.45) is 0. The van der Waals surface area contributed by atoms with Crippen LogP contribution in [-0.2, 0) is 0 Å². The monoisotopic (exact) mass is 249 g/mol. The highest BCUT2D eigenvalue weighted by molar-refractivity contribution is 5.62. The Morgan fingerprint density at radius 3 is 2.39 bits per heavy atom. The average Bonchev–Trinajstić information content (AvgIpc) is 2.69. The Morgan fingerprint density at radius 1 is 1.28 bits per heavy atom. The number of nitrogen functional groups attached to an aromatic ring is 1. The van der Waals surface area contributed by atoms with Crippen LogP contribution in [0.4, 0.5) is 11.5 Å². The van der Waals surface area contributed by atoms with Crippen molar-refractivity contribution in [1.29, 1.82) is 0 Å². The van der Waals surface area contributed by atoms with Crippen molar-refractivity contribution in [2.24, 2.45) is 16.7 Å². The highest BCUT2D eigenvalue weighted by Gasteiger charge is 2.64. The second-order valence-corrected chi connectivity index (χ2v) is 6.17. The molecule has 0 unspecified atom stereocenters. The molecule has 4 heteroatoms. The molecule has 0 atom stereocenters. The highest BCUT2D eigenvalue weighted by atomic mass is 16.5. The molecule has 3 N–H and O–H groups in total. The van der Waals surface area contributed by atoms with E-state index in [-0.39, 0.29) is 0 Å². The number of nitrogens with zero attached hydrogens (tertiary/aromatic N) is 1. The first-order valence-electron chi connectivity index (χ1n) is 6.35. The minimum absolute atomic E-state index is 0.369. The Balaban J connectivity index is 2.04. The van der Waals surface area contributed by atoms with Gasteiger partial charge in [-0.2, -0.15) is 4.98 Å². The molecule has 2 rings (SSSR count). The summed E-state index contributed by atoms with van der Waals surface area (Å²) in [5.74, 6) is 1.94. The Labute approximate surface area is 109 Å². The molecule has 1 saturated carbocycles. The van der Waals surface area contributed by atoms with Crippen molar-refractivity contribution in [2.45, 2.75) is 27.7 Å². The molecule has 0 radical (unpaired) electrons.